The molecule has 174 valence electrons. The number of esters is 1. The van der Waals surface area contributed by atoms with E-state index in [1.165, 1.54) is 25.7 Å². The fraction of sp³-hybridized carbons (Fsp3) is 0.833. The molecule has 0 amide bonds. The number of cyclic esters (lactones) is 1. The highest BCUT2D eigenvalue weighted by Gasteiger charge is 2.39. The lowest BCUT2D eigenvalue weighted by atomic mass is 9.92. The van der Waals surface area contributed by atoms with E-state index >= 15 is 0 Å². The Balaban J connectivity index is 2.11. The second-order valence-corrected chi connectivity index (χ2v) is 15.6. The number of aliphatic hydroxyl groups excluding tert-OH is 1. The Morgan fingerprint density at radius 2 is 1.50 bits per heavy atom. The van der Waals surface area contributed by atoms with Crippen LogP contribution in [0.3, 0.4) is 0 Å². The average Bonchev–Trinajstić information content (AvgIpc) is 2.56. The lowest BCUT2D eigenvalue weighted by Gasteiger charge is -2.36. The molecule has 0 saturated carbocycles. The predicted octanol–water partition coefficient (Wildman–Crippen LogP) is 6.63. The van der Waals surface area contributed by atoms with E-state index in [2.05, 4.69) is 33.9 Å². The monoisotopic (exact) mass is 440 g/mol. The van der Waals surface area contributed by atoms with Crippen LogP contribution in [0.25, 0.3) is 0 Å². The average molecular weight is 441 g/mol. The number of unbranched alkanes of at least 4 members (excludes halogenated alkanes) is 7. The molecule has 0 aromatic rings. The third-order valence-corrected chi connectivity index (χ3v) is 10.8. The van der Waals surface area contributed by atoms with Gasteiger partial charge in [0.15, 0.2) is 14.1 Å². The number of carbonyl (C=O) groups excluding carboxylic acids is 2. The van der Waals surface area contributed by atoms with Crippen molar-refractivity contribution >= 4 is 20.1 Å². The molecular formula is C24H44O5Si. The topological polar surface area (TPSA) is 72.8 Å². The highest BCUT2D eigenvalue weighted by Crippen LogP contribution is 2.36. The quantitative estimate of drug-likeness (QED) is 0.0921. The summed E-state index contributed by atoms with van der Waals surface area (Å²) in [7, 11) is -1.61. The number of hydrogen-bond donors (Lipinski definition) is 1. The number of allylic oxidation sites excluding steroid dienone is 1. The summed E-state index contributed by atoms with van der Waals surface area (Å²) in [5.74, 6) is -1.11. The van der Waals surface area contributed by atoms with Crippen molar-refractivity contribution in [3.8, 4) is 0 Å². The Kier molecular flexibility index (Phi) is 10.3. The lowest BCUT2D eigenvalue weighted by molar-refractivity contribution is -0.159. The SMILES string of the molecule is CC1(C)CC(=O)/C(=C(/O)CCCCCCCCCCO[Si](C)(C)C(C)(C)C)C(=O)O1. The van der Waals surface area contributed by atoms with E-state index in [1.54, 1.807) is 13.8 Å². The summed E-state index contributed by atoms with van der Waals surface area (Å²) in [4.78, 5) is 24.1. The highest BCUT2D eigenvalue weighted by molar-refractivity contribution is 6.74. The van der Waals surface area contributed by atoms with Crippen molar-refractivity contribution in [2.75, 3.05) is 6.61 Å². The molecule has 1 heterocycles. The van der Waals surface area contributed by atoms with Gasteiger partial charge >= 0.3 is 5.97 Å². The minimum absolute atomic E-state index is 0.109. The van der Waals surface area contributed by atoms with Crippen molar-refractivity contribution in [3.63, 3.8) is 0 Å². The van der Waals surface area contributed by atoms with Gasteiger partial charge in [-0.2, -0.15) is 0 Å². The molecule has 1 aliphatic heterocycles. The number of Topliss-reactive ketones (excluding diaryl/α,β-unsaturated/α-hetero) is 1. The van der Waals surface area contributed by atoms with Crippen LogP contribution in [-0.2, 0) is 18.8 Å². The summed E-state index contributed by atoms with van der Waals surface area (Å²) in [5.41, 5.74) is -0.927. The standard InChI is InChI=1S/C24H44O5Si/c1-23(2,3)30(6,7)28-17-15-13-11-9-8-10-12-14-16-19(25)21-20(26)18-24(4,5)29-22(21)27/h25H,8-18H2,1-7H3/b21-19-. The Morgan fingerprint density at radius 3 is 2.00 bits per heavy atom. The molecule has 1 rings (SSSR count). The third-order valence-electron chi connectivity index (χ3n) is 6.30. The van der Waals surface area contributed by atoms with E-state index in [9.17, 15) is 14.7 Å². The van der Waals surface area contributed by atoms with E-state index in [1.807, 2.05) is 0 Å². The Hall–Kier alpha value is -1.14. The smallest absolute Gasteiger partial charge is 0.345 e. The zero-order chi connectivity index (χ0) is 23.0. The van der Waals surface area contributed by atoms with Gasteiger partial charge in [-0.3, -0.25) is 4.79 Å². The van der Waals surface area contributed by atoms with E-state index in [-0.39, 0.29) is 28.6 Å². The van der Waals surface area contributed by atoms with Gasteiger partial charge < -0.3 is 14.3 Å². The lowest BCUT2D eigenvalue weighted by Crippen LogP contribution is -2.40. The maximum atomic E-state index is 12.1. The van der Waals surface area contributed by atoms with E-state index in [0.29, 0.717) is 6.42 Å². The number of ether oxygens (including phenoxy) is 1. The van der Waals surface area contributed by atoms with Crippen LogP contribution in [-0.4, -0.2) is 37.4 Å². The van der Waals surface area contributed by atoms with Crippen molar-refractivity contribution in [1.29, 1.82) is 0 Å². The van der Waals surface area contributed by atoms with E-state index < -0.39 is 19.9 Å². The first-order chi connectivity index (χ1) is 13.8. The molecule has 0 atom stereocenters. The molecule has 5 nitrogen and oxygen atoms in total. The van der Waals surface area contributed by atoms with E-state index in [4.69, 9.17) is 9.16 Å². The van der Waals surface area contributed by atoms with Crippen LogP contribution in [0.1, 0.15) is 98.8 Å². The molecule has 0 bridgehead atoms. The second-order valence-electron chi connectivity index (χ2n) is 10.8. The van der Waals surface area contributed by atoms with Gasteiger partial charge in [-0.25, -0.2) is 4.79 Å². The largest absolute Gasteiger partial charge is 0.511 e. The van der Waals surface area contributed by atoms with Crippen LogP contribution in [0.5, 0.6) is 0 Å². The fourth-order valence-electron chi connectivity index (χ4n) is 3.33. The number of aliphatic hydroxyl groups is 1. The van der Waals surface area contributed by atoms with Gasteiger partial charge in [-0.15, -0.1) is 0 Å². The van der Waals surface area contributed by atoms with Crippen LogP contribution in [0.15, 0.2) is 11.3 Å². The van der Waals surface area contributed by atoms with Crippen LogP contribution >= 0.6 is 0 Å². The molecule has 0 aromatic heterocycles. The predicted molar refractivity (Wildman–Crippen MR) is 124 cm³/mol. The van der Waals surface area contributed by atoms with Crippen molar-refractivity contribution < 1.29 is 23.9 Å². The Morgan fingerprint density at radius 1 is 1.00 bits per heavy atom. The van der Waals surface area contributed by atoms with Crippen LogP contribution in [0.2, 0.25) is 18.1 Å². The van der Waals surface area contributed by atoms with Crippen LogP contribution in [0.4, 0.5) is 0 Å². The van der Waals surface area contributed by atoms with Crippen molar-refractivity contribution in [1.82, 2.24) is 0 Å². The normalized spacial score (nSPS) is 19.0. The molecule has 1 saturated heterocycles. The molecule has 0 unspecified atom stereocenters. The van der Waals surface area contributed by atoms with Gasteiger partial charge in [0.05, 0.1) is 6.42 Å². The zero-order valence-corrected chi connectivity index (χ0v) is 21.4. The summed E-state index contributed by atoms with van der Waals surface area (Å²) in [6.07, 6.45) is 9.32. The Bertz CT molecular complexity index is 592. The first-order valence-electron chi connectivity index (χ1n) is 11.6. The van der Waals surface area contributed by atoms with Crippen LogP contribution < -0.4 is 0 Å². The molecule has 1 N–H and O–H groups in total. The van der Waals surface area contributed by atoms with E-state index in [0.717, 1.165) is 32.3 Å². The van der Waals surface area contributed by atoms with Crippen molar-refractivity contribution in [2.45, 2.75) is 123 Å². The summed E-state index contributed by atoms with van der Waals surface area (Å²) < 4.78 is 11.4. The molecule has 30 heavy (non-hydrogen) atoms. The summed E-state index contributed by atoms with van der Waals surface area (Å²) in [6.45, 7) is 15.7. The minimum Gasteiger partial charge on any atom is -0.511 e. The van der Waals surface area contributed by atoms with Crippen molar-refractivity contribution in [2.24, 2.45) is 0 Å². The van der Waals surface area contributed by atoms with Crippen molar-refractivity contribution in [3.05, 3.63) is 11.3 Å². The third kappa shape index (κ3) is 8.92. The first kappa shape index (κ1) is 26.9. The molecule has 0 spiro atoms. The summed E-state index contributed by atoms with van der Waals surface area (Å²) in [5, 5.41) is 10.4. The van der Waals surface area contributed by atoms with Gasteiger partial charge in [0.2, 0.25) is 0 Å². The molecule has 1 aliphatic rings. The van der Waals surface area contributed by atoms with Crippen LogP contribution in [0, 0.1) is 0 Å². The van der Waals surface area contributed by atoms with Gasteiger partial charge in [0.25, 0.3) is 0 Å². The molecule has 0 aliphatic carbocycles. The number of hydrogen-bond acceptors (Lipinski definition) is 5. The van der Waals surface area contributed by atoms with Gasteiger partial charge in [-0.05, 0) is 44.8 Å². The number of rotatable bonds is 12. The maximum absolute atomic E-state index is 12.1. The summed E-state index contributed by atoms with van der Waals surface area (Å²) in [6, 6.07) is 0. The fourth-order valence-corrected chi connectivity index (χ4v) is 4.42. The van der Waals surface area contributed by atoms with Gasteiger partial charge in [0, 0.05) is 13.0 Å². The minimum atomic E-state index is -1.61. The highest BCUT2D eigenvalue weighted by atomic mass is 28.4. The number of ketones is 1. The Labute approximate surface area is 184 Å². The molecule has 0 radical (unpaired) electrons. The maximum Gasteiger partial charge on any atom is 0.345 e. The molecule has 1 fully saturated rings. The molecular weight excluding hydrogens is 396 g/mol. The van der Waals surface area contributed by atoms with Gasteiger partial charge in [-0.1, -0.05) is 59.3 Å². The molecule has 0 aromatic carbocycles. The number of carbonyl (C=O) groups is 2. The molecule has 6 heteroatoms. The zero-order valence-electron chi connectivity index (χ0n) is 20.4. The first-order valence-corrected chi connectivity index (χ1v) is 14.5. The second kappa shape index (κ2) is 11.5. The van der Waals surface area contributed by atoms with Gasteiger partial charge in [0.1, 0.15) is 16.9 Å². The summed E-state index contributed by atoms with van der Waals surface area (Å²) >= 11 is 0.